The van der Waals surface area contributed by atoms with E-state index in [-0.39, 0.29) is 12.8 Å². The standard InChI is InChI=1S/C45H79O13P/c1-3-5-7-9-11-13-15-17-19-21-23-25-27-29-31-33-38(46)55-35-37(36-56-59(53,54)58-45-43(51)41(49)40(48)42(50)44(45)52)57-39(47)34-32-30-28-26-24-22-20-18-16-14-12-10-8-6-4-2/h5,7,11,13-14,16-17,19,37,40-45,48-52H,3-4,6,8-10,12,15,18,20-36H2,1-2H3,(H,53,54)/b7-5+,13-11+,16-14+,19-17+/t37-,40?,41-,42?,43?,44?,45?/m1/s1. The summed E-state index contributed by atoms with van der Waals surface area (Å²) in [6.07, 6.45) is 27.4. The normalized spacial score (nSPS) is 22.8. The van der Waals surface area contributed by atoms with Gasteiger partial charge in [0.25, 0.3) is 0 Å². The van der Waals surface area contributed by atoms with Gasteiger partial charge < -0.3 is 39.9 Å². The lowest BCUT2D eigenvalue weighted by Crippen LogP contribution is -2.64. The third-order valence-electron chi connectivity index (χ3n) is 10.2. The molecule has 14 heteroatoms. The van der Waals surface area contributed by atoms with E-state index < -0.39 is 75.7 Å². The van der Waals surface area contributed by atoms with E-state index in [2.05, 4.69) is 62.5 Å². The zero-order chi connectivity index (χ0) is 43.6. The van der Waals surface area contributed by atoms with E-state index in [1.165, 1.54) is 32.1 Å². The average molecular weight is 859 g/mol. The fraction of sp³-hybridized carbons (Fsp3) is 0.778. The molecule has 6 unspecified atom stereocenters. The van der Waals surface area contributed by atoms with Gasteiger partial charge in [0.1, 0.15) is 43.2 Å². The Bertz CT molecular complexity index is 1220. The van der Waals surface area contributed by atoms with Crippen molar-refractivity contribution in [2.75, 3.05) is 13.2 Å². The number of ether oxygens (including phenoxy) is 2. The second-order valence-electron chi connectivity index (χ2n) is 15.5. The first-order valence-corrected chi connectivity index (χ1v) is 23.9. The van der Waals surface area contributed by atoms with Crippen LogP contribution in [0.3, 0.4) is 0 Å². The second-order valence-corrected chi connectivity index (χ2v) is 16.9. The van der Waals surface area contributed by atoms with Gasteiger partial charge in [-0.2, -0.15) is 0 Å². The molecule has 0 radical (unpaired) electrons. The number of aliphatic hydroxyl groups excluding tert-OH is 5. The van der Waals surface area contributed by atoms with Crippen molar-refractivity contribution < 1.29 is 63.1 Å². The third kappa shape index (κ3) is 28.1. The fourth-order valence-corrected chi connectivity index (χ4v) is 7.50. The molecule has 1 aliphatic rings. The van der Waals surface area contributed by atoms with Gasteiger partial charge in [0.2, 0.25) is 0 Å². The molecule has 1 fully saturated rings. The maximum atomic E-state index is 12.8. The number of hydrogen-bond acceptors (Lipinski definition) is 12. The van der Waals surface area contributed by atoms with Crippen LogP contribution < -0.4 is 0 Å². The van der Waals surface area contributed by atoms with Crippen LogP contribution in [-0.4, -0.2) is 98.3 Å². The molecule has 8 atom stereocenters. The third-order valence-corrected chi connectivity index (χ3v) is 11.1. The van der Waals surface area contributed by atoms with E-state index in [9.17, 15) is 44.6 Å². The van der Waals surface area contributed by atoms with Gasteiger partial charge in [0, 0.05) is 12.8 Å². The molecular weight excluding hydrogens is 779 g/mol. The number of phosphoric acid groups is 1. The predicted molar refractivity (Wildman–Crippen MR) is 230 cm³/mol. The minimum absolute atomic E-state index is 0.0864. The topological polar surface area (TPSA) is 210 Å². The Labute approximate surface area is 354 Å². The number of esters is 2. The molecule has 0 aromatic rings. The number of unbranched alkanes of at least 4 members (excludes halogenated alkanes) is 16. The molecule has 1 aliphatic carbocycles. The Morgan fingerprint density at radius 2 is 0.966 bits per heavy atom. The first kappa shape index (κ1) is 54.8. The fourth-order valence-electron chi connectivity index (χ4n) is 6.53. The first-order chi connectivity index (χ1) is 28.4. The lowest BCUT2D eigenvalue weighted by atomic mass is 9.85. The van der Waals surface area contributed by atoms with Crippen molar-refractivity contribution in [2.45, 2.75) is 211 Å². The second kappa shape index (κ2) is 35.4. The van der Waals surface area contributed by atoms with Gasteiger partial charge in [-0.1, -0.05) is 133 Å². The maximum absolute atomic E-state index is 12.8. The number of carbonyl (C=O) groups is 2. The molecule has 0 aliphatic heterocycles. The minimum Gasteiger partial charge on any atom is -0.462 e. The van der Waals surface area contributed by atoms with Gasteiger partial charge in [-0.15, -0.1) is 0 Å². The molecule has 0 aromatic heterocycles. The monoisotopic (exact) mass is 859 g/mol. The predicted octanol–water partition coefficient (Wildman–Crippen LogP) is 8.39. The highest BCUT2D eigenvalue weighted by Gasteiger charge is 2.51. The van der Waals surface area contributed by atoms with Gasteiger partial charge in [-0.25, -0.2) is 4.57 Å². The summed E-state index contributed by atoms with van der Waals surface area (Å²) in [5, 5.41) is 50.1. The first-order valence-electron chi connectivity index (χ1n) is 22.4. The van der Waals surface area contributed by atoms with Crippen LogP contribution in [-0.2, 0) is 32.7 Å². The van der Waals surface area contributed by atoms with Crippen molar-refractivity contribution in [3.63, 3.8) is 0 Å². The molecule has 0 saturated heterocycles. The van der Waals surface area contributed by atoms with Crippen LogP contribution in [0, 0.1) is 0 Å². The van der Waals surface area contributed by atoms with Crippen molar-refractivity contribution in [3.8, 4) is 0 Å². The van der Waals surface area contributed by atoms with Crippen LogP contribution in [0.2, 0.25) is 0 Å². The SMILES string of the molecule is CC/C=C/C/C=C/C/C=C/CCCCCCCC(=O)OC[C@H](COP(=O)(O)OC1C(O)C(O)C(O)[C@@H](O)C1O)OC(=O)CCCCCCCCC/C=C/CCCCCC. The molecular formula is C45H79O13P. The van der Waals surface area contributed by atoms with E-state index in [4.69, 9.17) is 18.5 Å². The molecule has 59 heavy (non-hydrogen) atoms. The highest BCUT2D eigenvalue weighted by Crippen LogP contribution is 2.47. The van der Waals surface area contributed by atoms with Gasteiger partial charge in [0.15, 0.2) is 6.10 Å². The number of rotatable bonds is 36. The lowest BCUT2D eigenvalue weighted by molar-refractivity contribution is -0.220. The Morgan fingerprint density at radius 3 is 1.49 bits per heavy atom. The summed E-state index contributed by atoms with van der Waals surface area (Å²) in [5.74, 6) is -1.13. The van der Waals surface area contributed by atoms with E-state index >= 15 is 0 Å². The van der Waals surface area contributed by atoms with Crippen molar-refractivity contribution in [1.82, 2.24) is 0 Å². The van der Waals surface area contributed by atoms with Crippen LogP contribution in [0.15, 0.2) is 48.6 Å². The van der Waals surface area contributed by atoms with Crippen LogP contribution in [0.25, 0.3) is 0 Å². The highest BCUT2D eigenvalue weighted by molar-refractivity contribution is 7.47. The molecule has 1 saturated carbocycles. The molecule has 342 valence electrons. The summed E-state index contributed by atoms with van der Waals surface area (Å²) in [5.41, 5.74) is 0. The van der Waals surface area contributed by atoms with E-state index in [1.807, 2.05) is 0 Å². The quantitative estimate of drug-likeness (QED) is 0.0152. The lowest BCUT2D eigenvalue weighted by Gasteiger charge is -2.41. The maximum Gasteiger partial charge on any atom is 0.472 e. The number of hydrogen-bond donors (Lipinski definition) is 6. The summed E-state index contributed by atoms with van der Waals surface area (Å²) in [4.78, 5) is 35.7. The largest absolute Gasteiger partial charge is 0.472 e. The summed E-state index contributed by atoms with van der Waals surface area (Å²) < 4.78 is 33.5. The smallest absolute Gasteiger partial charge is 0.462 e. The van der Waals surface area contributed by atoms with Crippen LogP contribution in [0.4, 0.5) is 0 Å². The Hall–Kier alpha value is -2.19. The molecule has 1 rings (SSSR count). The average Bonchev–Trinajstić information content (AvgIpc) is 3.21. The zero-order valence-corrected chi connectivity index (χ0v) is 36.9. The van der Waals surface area contributed by atoms with Crippen molar-refractivity contribution in [2.24, 2.45) is 0 Å². The molecule has 0 heterocycles. The van der Waals surface area contributed by atoms with Crippen molar-refractivity contribution in [1.29, 1.82) is 0 Å². The van der Waals surface area contributed by atoms with Gasteiger partial charge in [-0.3, -0.25) is 18.6 Å². The van der Waals surface area contributed by atoms with Crippen molar-refractivity contribution in [3.05, 3.63) is 48.6 Å². The zero-order valence-electron chi connectivity index (χ0n) is 36.0. The minimum atomic E-state index is -5.12. The molecule has 0 bridgehead atoms. The number of phosphoric ester groups is 1. The molecule has 0 amide bonds. The molecule has 6 N–H and O–H groups in total. The molecule has 0 spiro atoms. The summed E-state index contributed by atoms with van der Waals surface area (Å²) in [7, 11) is -5.12. The van der Waals surface area contributed by atoms with Crippen LogP contribution in [0.1, 0.15) is 168 Å². The Balaban J connectivity index is 2.49. The Kier molecular flexibility index (Phi) is 32.9. The number of carbonyl (C=O) groups excluding carboxylic acids is 2. The summed E-state index contributed by atoms with van der Waals surface area (Å²) >= 11 is 0. The molecule has 0 aromatic carbocycles. The summed E-state index contributed by atoms with van der Waals surface area (Å²) in [6, 6.07) is 0. The molecule has 13 nitrogen and oxygen atoms in total. The number of aliphatic hydroxyl groups is 5. The Morgan fingerprint density at radius 1 is 0.542 bits per heavy atom. The van der Waals surface area contributed by atoms with E-state index in [0.717, 1.165) is 96.3 Å². The van der Waals surface area contributed by atoms with E-state index in [1.54, 1.807) is 0 Å². The highest BCUT2D eigenvalue weighted by atomic mass is 31.2. The van der Waals surface area contributed by atoms with Gasteiger partial charge in [0.05, 0.1) is 6.61 Å². The van der Waals surface area contributed by atoms with Gasteiger partial charge in [-0.05, 0) is 70.6 Å². The van der Waals surface area contributed by atoms with Gasteiger partial charge >= 0.3 is 19.8 Å². The van der Waals surface area contributed by atoms with Crippen LogP contribution >= 0.6 is 7.82 Å². The van der Waals surface area contributed by atoms with E-state index in [0.29, 0.717) is 12.8 Å². The van der Waals surface area contributed by atoms with Crippen molar-refractivity contribution >= 4 is 19.8 Å². The van der Waals surface area contributed by atoms with Crippen LogP contribution in [0.5, 0.6) is 0 Å². The summed E-state index contributed by atoms with van der Waals surface area (Å²) in [6.45, 7) is 3.15. The number of allylic oxidation sites excluding steroid dienone is 8.